The first kappa shape index (κ1) is 8.25. The lowest BCUT2D eigenvalue weighted by Gasteiger charge is -2.36. The van der Waals surface area contributed by atoms with E-state index in [-0.39, 0.29) is 0 Å². The van der Waals surface area contributed by atoms with Gasteiger partial charge in [-0.15, -0.1) is 0 Å². The van der Waals surface area contributed by atoms with Crippen molar-refractivity contribution >= 4 is 0 Å². The number of rotatable bonds is 2. The average Bonchev–Trinajstić information content (AvgIpc) is 2.81. The summed E-state index contributed by atoms with van der Waals surface area (Å²) < 4.78 is 0. The first-order valence-electron chi connectivity index (χ1n) is 5.82. The third-order valence-electron chi connectivity index (χ3n) is 4.38. The Hall–Kier alpha value is -0.0800. The van der Waals surface area contributed by atoms with Crippen molar-refractivity contribution in [2.24, 2.45) is 23.5 Å². The second-order valence-corrected chi connectivity index (χ2v) is 5.19. The van der Waals surface area contributed by atoms with Gasteiger partial charge in [-0.3, -0.25) is 4.90 Å². The molecule has 2 heteroatoms. The van der Waals surface area contributed by atoms with Crippen molar-refractivity contribution in [3.63, 3.8) is 0 Å². The molecule has 2 aliphatic heterocycles. The molecule has 1 saturated carbocycles. The Labute approximate surface area is 80.5 Å². The number of fused-ring (bicyclic) bond motifs is 3. The molecule has 1 aliphatic carbocycles. The molecule has 0 amide bonds. The summed E-state index contributed by atoms with van der Waals surface area (Å²) in [4.78, 5) is 2.74. The minimum atomic E-state index is 0.894. The highest BCUT2D eigenvalue weighted by atomic mass is 15.2. The third-order valence-corrected chi connectivity index (χ3v) is 4.38. The van der Waals surface area contributed by atoms with Crippen LogP contribution in [0.25, 0.3) is 0 Å². The van der Waals surface area contributed by atoms with E-state index in [9.17, 15) is 0 Å². The van der Waals surface area contributed by atoms with E-state index in [0.717, 1.165) is 30.3 Å². The fraction of sp³-hybridized carbons (Fsp3) is 1.00. The van der Waals surface area contributed by atoms with Crippen LogP contribution in [0.2, 0.25) is 0 Å². The van der Waals surface area contributed by atoms with Crippen LogP contribution in [0, 0.1) is 17.8 Å². The van der Waals surface area contributed by atoms with Crippen LogP contribution in [-0.4, -0.2) is 30.6 Å². The second kappa shape index (κ2) is 2.96. The highest BCUT2D eigenvalue weighted by Crippen LogP contribution is 2.52. The lowest BCUT2D eigenvalue weighted by Crippen LogP contribution is -2.41. The lowest BCUT2D eigenvalue weighted by atomic mass is 9.87. The normalized spacial score (nSPS) is 48.7. The summed E-state index contributed by atoms with van der Waals surface area (Å²) in [7, 11) is 0. The number of nitrogens with zero attached hydrogens (tertiary/aromatic N) is 1. The predicted octanol–water partition coefficient (Wildman–Crippen LogP) is 1.07. The van der Waals surface area contributed by atoms with E-state index in [1.54, 1.807) is 0 Å². The third kappa shape index (κ3) is 1.31. The van der Waals surface area contributed by atoms with Gasteiger partial charge >= 0.3 is 0 Å². The van der Waals surface area contributed by atoms with Crippen LogP contribution in [0.15, 0.2) is 0 Å². The fourth-order valence-electron chi connectivity index (χ4n) is 3.55. The minimum absolute atomic E-state index is 0.894. The Morgan fingerprint density at radius 3 is 3.08 bits per heavy atom. The van der Waals surface area contributed by atoms with E-state index in [1.165, 1.54) is 38.8 Å². The molecule has 3 aliphatic rings. The van der Waals surface area contributed by atoms with Crippen LogP contribution in [-0.2, 0) is 0 Å². The molecule has 0 radical (unpaired) electrons. The van der Waals surface area contributed by atoms with Crippen LogP contribution >= 0.6 is 0 Å². The topological polar surface area (TPSA) is 29.3 Å². The van der Waals surface area contributed by atoms with Gasteiger partial charge in [-0.05, 0) is 56.5 Å². The molecule has 0 aromatic heterocycles. The zero-order valence-electron chi connectivity index (χ0n) is 8.28. The summed E-state index contributed by atoms with van der Waals surface area (Å²) in [6, 6.07) is 0.968. The number of nitrogens with two attached hydrogens (primary N) is 1. The van der Waals surface area contributed by atoms with Gasteiger partial charge in [-0.25, -0.2) is 0 Å². The summed E-state index contributed by atoms with van der Waals surface area (Å²) >= 11 is 0. The molecule has 4 atom stereocenters. The van der Waals surface area contributed by atoms with Gasteiger partial charge in [-0.2, -0.15) is 0 Å². The van der Waals surface area contributed by atoms with Crippen molar-refractivity contribution in [2.75, 3.05) is 19.6 Å². The van der Waals surface area contributed by atoms with E-state index >= 15 is 0 Å². The molecule has 2 heterocycles. The van der Waals surface area contributed by atoms with Crippen LogP contribution in [0.5, 0.6) is 0 Å². The molecule has 3 rings (SSSR count). The van der Waals surface area contributed by atoms with Crippen molar-refractivity contribution in [3.8, 4) is 0 Å². The monoisotopic (exact) mass is 180 g/mol. The van der Waals surface area contributed by atoms with Gasteiger partial charge in [0.2, 0.25) is 0 Å². The van der Waals surface area contributed by atoms with Gasteiger partial charge in [0, 0.05) is 12.6 Å². The molecule has 0 aromatic rings. The molecular weight excluding hydrogens is 160 g/mol. The van der Waals surface area contributed by atoms with Gasteiger partial charge in [0.1, 0.15) is 0 Å². The van der Waals surface area contributed by atoms with Crippen molar-refractivity contribution in [1.29, 1.82) is 0 Å². The Morgan fingerprint density at radius 1 is 1.31 bits per heavy atom. The largest absolute Gasteiger partial charge is 0.330 e. The van der Waals surface area contributed by atoms with E-state index in [0.29, 0.717) is 0 Å². The Balaban J connectivity index is 1.62. The molecule has 13 heavy (non-hydrogen) atoms. The first-order chi connectivity index (χ1) is 6.38. The zero-order chi connectivity index (χ0) is 8.84. The van der Waals surface area contributed by atoms with E-state index in [1.807, 2.05) is 0 Å². The highest BCUT2D eigenvalue weighted by molar-refractivity contribution is 5.06. The van der Waals surface area contributed by atoms with Crippen LogP contribution in [0.1, 0.15) is 25.7 Å². The average molecular weight is 180 g/mol. The molecule has 2 saturated heterocycles. The maximum absolute atomic E-state index is 5.63. The summed E-state index contributed by atoms with van der Waals surface area (Å²) in [5.74, 6) is 3.15. The molecular formula is C11H20N2. The summed E-state index contributed by atoms with van der Waals surface area (Å²) in [5.41, 5.74) is 5.63. The SMILES string of the molecule is NCCC1CCN2C[C@H]3C[C@H]3C2C1. The summed E-state index contributed by atoms with van der Waals surface area (Å²) in [6.07, 6.45) is 5.67. The molecule has 0 aromatic carbocycles. The van der Waals surface area contributed by atoms with E-state index in [4.69, 9.17) is 5.73 Å². The minimum Gasteiger partial charge on any atom is -0.330 e. The maximum Gasteiger partial charge on any atom is 0.0129 e. The lowest BCUT2D eigenvalue weighted by molar-refractivity contribution is 0.126. The number of hydrogen-bond donors (Lipinski definition) is 1. The van der Waals surface area contributed by atoms with E-state index < -0.39 is 0 Å². The van der Waals surface area contributed by atoms with Crippen LogP contribution in [0.4, 0.5) is 0 Å². The van der Waals surface area contributed by atoms with Crippen molar-refractivity contribution in [1.82, 2.24) is 4.90 Å². The number of hydrogen-bond acceptors (Lipinski definition) is 2. The van der Waals surface area contributed by atoms with Gasteiger partial charge in [0.05, 0.1) is 0 Å². The molecule has 0 bridgehead atoms. The van der Waals surface area contributed by atoms with Gasteiger partial charge in [-0.1, -0.05) is 0 Å². The highest BCUT2D eigenvalue weighted by Gasteiger charge is 2.53. The van der Waals surface area contributed by atoms with Crippen molar-refractivity contribution in [2.45, 2.75) is 31.7 Å². The summed E-state index contributed by atoms with van der Waals surface area (Å²) in [6.45, 7) is 3.68. The zero-order valence-corrected chi connectivity index (χ0v) is 8.28. The fourth-order valence-corrected chi connectivity index (χ4v) is 3.55. The molecule has 74 valence electrons. The molecule has 3 fully saturated rings. The number of piperidine rings is 2. The molecule has 0 spiro atoms. The Kier molecular flexibility index (Phi) is 1.88. The van der Waals surface area contributed by atoms with Crippen molar-refractivity contribution < 1.29 is 0 Å². The maximum atomic E-state index is 5.63. The molecule has 2 unspecified atom stereocenters. The van der Waals surface area contributed by atoms with Crippen LogP contribution in [0.3, 0.4) is 0 Å². The second-order valence-electron chi connectivity index (χ2n) is 5.19. The molecule has 2 N–H and O–H groups in total. The van der Waals surface area contributed by atoms with Gasteiger partial charge in [0.15, 0.2) is 0 Å². The standard InChI is InChI=1S/C11H20N2/c12-3-1-8-2-4-13-7-9-6-10(9)11(13)5-8/h8-11H,1-7,12H2/t8?,9-,10-,11?/m1/s1. The van der Waals surface area contributed by atoms with Crippen LogP contribution < -0.4 is 5.73 Å². The quantitative estimate of drug-likeness (QED) is 0.688. The summed E-state index contributed by atoms with van der Waals surface area (Å²) in [5, 5.41) is 0. The van der Waals surface area contributed by atoms with E-state index in [2.05, 4.69) is 4.90 Å². The van der Waals surface area contributed by atoms with Crippen molar-refractivity contribution in [3.05, 3.63) is 0 Å². The Morgan fingerprint density at radius 2 is 2.23 bits per heavy atom. The molecule has 2 nitrogen and oxygen atoms in total. The first-order valence-corrected chi connectivity index (χ1v) is 5.82. The van der Waals surface area contributed by atoms with Gasteiger partial charge < -0.3 is 5.73 Å². The predicted molar refractivity (Wildman–Crippen MR) is 53.4 cm³/mol. The Bertz CT molecular complexity index is 204. The van der Waals surface area contributed by atoms with Gasteiger partial charge in [0.25, 0.3) is 0 Å². The smallest absolute Gasteiger partial charge is 0.0129 e.